The number of hydroxylamine groups is 1. The molecule has 0 saturated carbocycles. The lowest BCUT2D eigenvalue weighted by Gasteiger charge is -2.05. The minimum absolute atomic E-state index is 0.185. The van der Waals surface area contributed by atoms with Gasteiger partial charge in [0, 0.05) is 11.8 Å². The number of oxime groups is 1. The highest BCUT2D eigenvalue weighted by atomic mass is 16.6. The van der Waals surface area contributed by atoms with Crippen molar-refractivity contribution in [2.24, 2.45) is 5.16 Å². The Labute approximate surface area is 135 Å². The third-order valence-electron chi connectivity index (χ3n) is 3.15. The lowest BCUT2D eigenvalue weighted by atomic mass is 10.00. The Balaban J connectivity index is 2.23. The Bertz CT molecular complexity index is 692. The molecule has 118 valence electrons. The van der Waals surface area contributed by atoms with Crippen LogP contribution in [0.5, 0.6) is 0 Å². The van der Waals surface area contributed by atoms with Crippen LogP contribution in [0, 0.1) is 0 Å². The van der Waals surface area contributed by atoms with Gasteiger partial charge in [0.2, 0.25) is 0 Å². The number of nitrogens with zero attached hydrogens (tertiary/aromatic N) is 1. The Kier molecular flexibility index (Phi) is 6.08. The molecular weight excluding hydrogens is 292 g/mol. The van der Waals surface area contributed by atoms with E-state index in [0.29, 0.717) is 11.1 Å². The van der Waals surface area contributed by atoms with Crippen molar-refractivity contribution >= 4 is 12.0 Å². The van der Waals surface area contributed by atoms with Crippen molar-refractivity contribution in [3.63, 3.8) is 0 Å². The number of carbonyl (C=O) groups is 1. The van der Waals surface area contributed by atoms with Gasteiger partial charge in [-0.05, 0) is 11.1 Å². The van der Waals surface area contributed by atoms with E-state index >= 15 is 0 Å². The van der Waals surface area contributed by atoms with E-state index in [4.69, 9.17) is 4.84 Å². The maximum Gasteiger partial charge on any atom is 0.196 e. The minimum atomic E-state index is -0.185. The molecule has 5 heteroatoms. The van der Waals surface area contributed by atoms with Gasteiger partial charge in [0.1, 0.15) is 7.11 Å². The fraction of sp³-hybridized carbons (Fsp3) is 0.111. The second-order valence-corrected chi connectivity index (χ2v) is 4.61. The van der Waals surface area contributed by atoms with Crippen molar-refractivity contribution in [2.45, 2.75) is 0 Å². The third kappa shape index (κ3) is 4.52. The first-order valence-corrected chi connectivity index (χ1v) is 7.01. The number of allylic oxidation sites excluding steroid dienone is 1. The molecule has 0 aliphatic rings. The van der Waals surface area contributed by atoms with Crippen LogP contribution in [0.3, 0.4) is 0 Å². The standard InChI is InChI=1S/C18H18N2O3/c1-22-19-12-17(13-20-23-2)18(21)16-10-8-15(9-11-16)14-6-4-3-5-7-14/h3-13,19H,1-2H3/b17-12-,20-13-. The molecule has 0 aliphatic heterocycles. The lowest BCUT2D eigenvalue weighted by Crippen LogP contribution is -2.11. The Morgan fingerprint density at radius 3 is 2.26 bits per heavy atom. The molecule has 0 amide bonds. The Morgan fingerprint density at radius 1 is 1.00 bits per heavy atom. The number of ketones is 1. The molecule has 2 rings (SSSR count). The molecular formula is C18H18N2O3. The first-order valence-electron chi connectivity index (χ1n) is 7.01. The topological polar surface area (TPSA) is 59.9 Å². The molecule has 23 heavy (non-hydrogen) atoms. The van der Waals surface area contributed by atoms with E-state index in [1.54, 1.807) is 12.1 Å². The van der Waals surface area contributed by atoms with Crippen molar-refractivity contribution in [2.75, 3.05) is 14.2 Å². The SMILES string of the molecule is CO/N=C\C(=C\NOC)C(=O)c1ccc(-c2ccccc2)cc1. The molecule has 1 N–H and O–H groups in total. The monoisotopic (exact) mass is 310 g/mol. The number of hydrogen-bond donors (Lipinski definition) is 1. The molecule has 0 aliphatic carbocycles. The molecule has 0 atom stereocenters. The molecule has 0 heterocycles. The zero-order valence-corrected chi connectivity index (χ0v) is 13.0. The van der Waals surface area contributed by atoms with Crippen LogP contribution >= 0.6 is 0 Å². The van der Waals surface area contributed by atoms with Gasteiger partial charge in [-0.15, -0.1) is 0 Å². The number of benzene rings is 2. The van der Waals surface area contributed by atoms with Crippen molar-refractivity contribution in [3.8, 4) is 11.1 Å². The van der Waals surface area contributed by atoms with E-state index in [1.807, 2.05) is 42.5 Å². The van der Waals surface area contributed by atoms with Gasteiger partial charge >= 0.3 is 0 Å². The molecule has 0 radical (unpaired) electrons. The predicted molar refractivity (Wildman–Crippen MR) is 89.9 cm³/mol. The molecule has 2 aromatic rings. The Hall–Kier alpha value is -2.92. The summed E-state index contributed by atoms with van der Waals surface area (Å²) in [6, 6.07) is 17.4. The van der Waals surface area contributed by atoms with Crippen LogP contribution < -0.4 is 5.48 Å². The van der Waals surface area contributed by atoms with E-state index in [2.05, 4.69) is 15.5 Å². The highest BCUT2D eigenvalue weighted by Crippen LogP contribution is 2.20. The van der Waals surface area contributed by atoms with Crippen LogP contribution in [-0.2, 0) is 9.68 Å². The number of Topliss-reactive ketones (excluding diaryl/α,β-unsaturated/α-hetero) is 1. The number of hydrogen-bond acceptors (Lipinski definition) is 5. The second-order valence-electron chi connectivity index (χ2n) is 4.61. The minimum Gasteiger partial charge on any atom is -0.399 e. The first-order chi connectivity index (χ1) is 11.3. The predicted octanol–water partition coefficient (Wildman–Crippen LogP) is 3.20. The van der Waals surface area contributed by atoms with Crippen LogP contribution in [0.2, 0.25) is 0 Å². The molecule has 5 nitrogen and oxygen atoms in total. The molecule has 0 fully saturated rings. The van der Waals surface area contributed by atoms with Gasteiger partial charge < -0.3 is 4.84 Å². The molecule has 0 aromatic heterocycles. The van der Waals surface area contributed by atoms with E-state index in [1.165, 1.54) is 26.6 Å². The van der Waals surface area contributed by atoms with Gasteiger partial charge in [-0.3, -0.25) is 15.1 Å². The summed E-state index contributed by atoms with van der Waals surface area (Å²) >= 11 is 0. The highest BCUT2D eigenvalue weighted by Gasteiger charge is 2.11. The average Bonchev–Trinajstić information content (AvgIpc) is 2.62. The summed E-state index contributed by atoms with van der Waals surface area (Å²) in [5.41, 5.74) is 5.54. The summed E-state index contributed by atoms with van der Waals surface area (Å²) < 4.78 is 0. The highest BCUT2D eigenvalue weighted by molar-refractivity contribution is 6.21. The third-order valence-corrected chi connectivity index (χ3v) is 3.15. The largest absolute Gasteiger partial charge is 0.399 e. The number of nitrogens with one attached hydrogen (secondary N) is 1. The van der Waals surface area contributed by atoms with Gasteiger partial charge in [-0.2, -0.15) is 0 Å². The zero-order valence-electron chi connectivity index (χ0n) is 13.0. The molecule has 0 unspecified atom stereocenters. The molecule has 0 saturated heterocycles. The van der Waals surface area contributed by atoms with Crippen LogP contribution in [0.15, 0.2) is 71.5 Å². The quantitative estimate of drug-likeness (QED) is 0.369. The van der Waals surface area contributed by atoms with E-state index in [9.17, 15) is 4.79 Å². The lowest BCUT2D eigenvalue weighted by molar-refractivity contribution is 0.102. The van der Waals surface area contributed by atoms with E-state index < -0.39 is 0 Å². The summed E-state index contributed by atoms with van der Waals surface area (Å²) in [6.45, 7) is 0. The number of rotatable bonds is 7. The summed E-state index contributed by atoms with van der Waals surface area (Å²) in [5, 5.41) is 3.63. The van der Waals surface area contributed by atoms with Crippen LogP contribution in [0.1, 0.15) is 10.4 Å². The van der Waals surface area contributed by atoms with Gasteiger partial charge in [0.05, 0.1) is 18.9 Å². The van der Waals surface area contributed by atoms with Crippen molar-refractivity contribution in [1.29, 1.82) is 0 Å². The van der Waals surface area contributed by atoms with Crippen LogP contribution in [-0.4, -0.2) is 26.2 Å². The van der Waals surface area contributed by atoms with E-state index in [-0.39, 0.29) is 5.78 Å². The van der Waals surface area contributed by atoms with Gasteiger partial charge in [0.25, 0.3) is 0 Å². The van der Waals surface area contributed by atoms with Crippen LogP contribution in [0.4, 0.5) is 0 Å². The van der Waals surface area contributed by atoms with Crippen molar-refractivity contribution < 1.29 is 14.5 Å². The summed E-state index contributed by atoms with van der Waals surface area (Å²) in [7, 11) is 2.87. The first kappa shape index (κ1) is 16.5. The van der Waals surface area contributed by atoms with Gasteiger partial charge in [0.15, 0.2) is 5.78 Å². The summed E-state index contributed by atoms with van der Waals surface area (Å²) in [5.74, 6) is -0.185. The van der Waals surface area contributed by atoms with Crippen molar-refractivity contribution in [3.05, 3.63) is 71.9 Å². The Morgan fingerprint density at radius 2 is 1.65 bits per heavy atom. The second kappa shape index (κ2) is 8.51. The normalized spacial score (nSPS) is 11.5. The molecule has 0 bridgehead atoms. The van der Waals surface area contributed by atoms with Gasteiger partial charge in [-0.1, -0.05) is 59.8 Å². The average molecular weight is 310 g/mol. The fourth-order valence-electron chi connectivity index (χ4n) is 2.00. The maximum atomic E-state index is 12.5. The smallest absolute Gasteiger partial charge is 0.196 e. The van der Waals surface area contributed by atoms with Crippen LogP contribution in [0.25, 0.3) is 11.1 Å². The van der Waals surface area contributed by atoms with Gasteiger partial charge in [-0.25, -0.2) is 0 Å². The molecule has 2 aromatic carbocycles. The maximum absolute atomic E-state index is 12.5. The summed E-state index contributed by atoms with van der Waals surface area (Å²) in [4.78, 5) is 21.9. The zero-order chi connectivity index (χ0) is 16.5. The van der Waals surface area contributed by atoms with E-state index in [0.717, 1.165) is 11.1 Å². The fourth-order valence-corrected chi connectivity index (χ4v) is 2.00. The molecule has 0 spiro atoms. The summed E-state index contributed by atoms with van der Waals surface area (Å²) in [6.07, 6.45) is 2.76. The van der Waals surface area contributed by atoms with Crippen molar-refractivity contribution in [1.82, 2.24) is 5.48 Å². The number of carbonyl (C=O) groups excluding carboxylic acids is 1.